The largest absolute Gasteiger partial charge is 0.481 e. The van der Waals surface area contributed by atoms with Gasteiger partial charge in [-0.1, -0.05) is 6.92 Å². The van der Waals surface area contributed by atoms with Crippen molar-refractivity contribution in [2.24, 2.45) is 0 Å². The van der Waals surface area contributed by atoms with Crippen LogP contribution in [0.1, 0.15) is 13.3 Å². The third-order valence-corrected chi connectivity index (χ3v) is 1.77. The van der Waals surface area contributed by atoms with Gasteiger partial charge in [-0.15, -0.1) is 0 Å². The monoisotopic (exact) mass is 191 g/mol. The maximum absolute atomic E-state index is 10.2. The SMILES string of the molecule is CCN(CCC(=O)O)CC(O)CO. The highest BCUT2D eigenvalue weighted by Crippen LogP contribution is 1.94. The number of hydrogen-bond donors (Lipinski definition) is 3. The van der Waals surface area contributed by atoms with Crippen molar-refractivity contribution in [3.05, 3.63) is 0 Å². The molecular weight excluding hydrogens is 174 g/mol. The summed E-state index contributed by atoms with van der Waals surface area (Å²) < 4.78 is 0. The predicted molar refractivity (Wildman–Crippen MR) is 47.5 cm³/mol. The molecule has 0 aliphatic rings. The standard InChI is InChI=1S/C8H17NO4/c1-2-9(4-3-8(12)13)5-7(11)6-10/h7,10-11H,2-6H2,1H3,(H,12,13). The number of hydrogen-bond acceptors (Lipinski definition) is 4. The number of rotatable bonds is 7. The second-order valence-electron chi connectivity index (χ2n) is 2.87. The van der Waals surface area contributed by atoms with Gasteiger partial charge in [-0.2, -0.15) is 0 Å². The van der Waals surface area contributed by atoms with Gasteiger partial charge in [-0.05, 0) is 6.54 Å². The molecule has 3 N–H and O–H groups in total. The minimum absolute atomic E-state index is 0.0615. The van der Waals surface area contributed by atoms with E-state index in [0.717, 1.165) is 0 Å². The fourth-order valence-electron chi connectivity index (χ4n) is 0.988. The first kappa shape index (κ1) is 12.3. The number of carboxylic acid groups (broad SMARTS) is 1. The van der Waals surface area contributed by atoms with Gasteiger partial charge < -0.3 is 20.2 Å². The highest BCUT2D eigenvalue weighted by molar-refractivity contribution is 5.66. The summed E-state index contributed by atoms with van der Waals surface area (Å²) in [7, 11) is 0. The molecule has 1 atom stereocenters. The van der Waals surface area contributed by atoms with Gasteiger partial charge in [-0.3, -0.25) is 4.79 Å². The molecule has 0 saturated heterocycles. The van der Waals surface area contributed by atoms with E-state index < -0.39 is 12.1 Å². The molecule has 0 fully saturated rings. The molecule has 0 aromatic heterocycles. The molecule has 0 rings (SSSR count). The van der Waals surface area contributed by atoms with Crippen LogP contribution in [0.5, 0.6) is 0 Å². The molecule has 0 bridgehead atoms. The predicted octanol–water partition coefficient (Wildman–Crippen LogP) is -0.864. The lowest BCUT2D eigenvalue weighted by Gasteiger charge is -2.21. The third-order valence-electron chi connectivity index (χ3n) is 1.77. The molecular formula is C8H17NO4. The van der Waals surface area contributed by atoms with Gasteiger partial charge in [0, 0.05) is 13.1 Å². The topological polar surface area (TPSA) is 81.0 Å². The van der Waals surface area contributed by atoms with Crippen molar-refractivity contribution in [2.75, 3.05) is 26.2 Å². The van der Waals surface area contributed by atoms with Crippen LogP contribution in [0.4, 0.5) is 0 Å². The summed E-state index contributed by atoms with van der Waals surface area (Å²) in [5, 5.41) is 26.1. The summed E-state index contributed by atoms with van der Waals surface area (Å²) in [6, 6.07) is 0. The number of aliphatic hydroxyl groups excluding tert-OH is 2. The minimum atomic E-state index is -0.850. The Morgan fingerprint density at radius 3 is 2.54 bits per heavy atom. The van der Waals surface area contributed by atoms with E-state index in [1.54, 1.807) is 4.90 Å². The third kappa shape index (κ3) is 6.51. The number of nitrogens with zero attached hydrogens (tertiary/aromatic N) is 1. The molecule has 13 heavy (non-hydrogen) atoms. The maximum Gasteiger partial charge on any atom is 0.304 e. The Kier molecular flexibility index (Phi) is 6.48. The van der Waals surface area contributed by atoms with Crippen LogP contribution in [-0.4, -0.2) is 58.5 Å². The van der Waals surface area contributed by atoms with Gasteiger partial charge in [-0.25, -0.2) is 0 Å². The molecule has 0 amide bonds. The van der Waals surface area contributed by atoms with Crippen molar-refractivity contribution in [1.29, 1.82) is 0 Å². The van der Waals surface area contributed by atoms with E-state index in [1.807, 2.05) is 6.92 Å². The van der Waals surface area contributed by atoms with Crippen LogP contribution in [0.25, 0.3) is 0 Å². The Labute approximate surface area is 77.6 Å². The molecule has 0 aromatic rings. The molecule has 0 heterocycles. The van der Waals surface area contributed by atoms with Crippen molar-refractivity contribution < 1.29 is 20.1 Å². The van der Waals surface area contributed by atoms with Crippen LogP contribution in [0.3, 0.4) is 0 Å². The van der Waals surface area contributed by atoms with E-state index in [9.17, 15) is 4.79 Å². The van der Waals surface area contributed by atoms with Crippen molar-refractivity contribution in [1.82, 2.24) is 4.90 Å². The smallest absolute Gasteiger partial charge is 0.304 e. The maximum atomic E-state index is 10.2. The summed E-state index contributed by atoms with van der Waals surface area (Å²) >= 11 is 0. The number of aliphatic hydroxyl groups is 2. The number of carbonyl (C=O) groups is 1. The Bertz CT molecular complexity index is 151. The summed E-state index contributed by atoms with van der Waals surface area (Å²) in [6.07, 6.45) is -0.722. The van der Waals surface area contributed by atoms with Crippen LogP contribution < -0.4 is 0 Å². The zero-order chi connectivity index (χ0) is 10.3. The first-order valence-electron chi connectivity index (χ1n) is 4.33. The van der Waals surface area contributed by atoms with Crippen LogP contribution in [0, 0.1) is 0 Å². The van der Waals surface area contributed by atoms with E-state index in [1.165, 1.54) is 0 Å². The first-order valence-corrected chi connectivity index (χ1v) is 4.33. The van der Waals surface area contributed by atoms with E-state index in [4.69, 9.17) is 15.3 Å². The van der Waals surface area contributed by atoms with Crippen LogP contribution in [0.15, 0.2) is 0 Å². The van der Waals surface area contributed by atoms with Gasteiger partial charge in [0.1, 0.15) is 0 Å². The Morgan fingerprint density at radius 1 is 1.54 bits per heavy atom. The van der Waals surface area contributed by atoms with Crippen molar-refractivity contribution in [3.8, 4) is 0 Å². The molecule has 0 aromatic carbocycles. The molecule has 5 nitrogen and oxygen atoms in total. The van der Waals surface area contributed by atoms with Crippen molar-refractivity contribution in [2.45, 2.75) is 19.4 Å². The fourth-order valence-corrected chi connectivity index (χ4v) is 0.988. The van der Waals surface area contributed by atoms with Crippen molar-refractivity contribution in [3.63, 3.8) is 0 Å². The molecule has 0 saturated carbocycles. The van der Waals surface area contributed by atoms with Crippen LogP contribution in [0.2, 0.25) is 0 Å². The summed E-state index contributed by atoms with van der Waals surface area (Å²) in [5.74, 6) is -0.850. The van der Waals surface area contributed by atoms with Gasteiger partial charge in [0.25, 0.3) is 0 Å². The van der Waals surface area contributed by atoms with Gasteiger partial charge in [0.05, 0.1) is 19.1 Å². The van der Waals surface area contributed by atoms with Crippen LogP contribution >= 0.6 is 0 Å². The second-order valence-corrected chi connectivity index (χ2v) is 2.87. The van der Waals surface area contributed by atoms with Gasteiger partial charge in [0.2, 0.25) is 0 Å². The fraction of sp³-hybridized carbons (Fsp3) is 0.875. The molecule has 5 heteroatoms. The highest BCUT2D eigenvalue weighted by atomic mass is 16.4. The molecule has 1 unspecified atom stereocenters. The first-order chi connectivity index (χ1) is 6.10. The second kappa shape index (κ2) is 6.82. The molecule has 0 aliphatic heterocycles. The Balaban J connectivity index is 3.68. The minimum Gasteiger partial charge on any atom is -0.481 e. The average molecular weight is 191 g/mol. The van der Waals surface area contributed by atoms with E-state index >= 15 is 0 Å². The number of carboxylic acids is 1. The number of aliphatic carboxylic acids is 1. The van der Waals surface area contributed by atoms with Crippen LogP contribution in [-0.2, 0) is 4.79 Å². The molecule has 78 valence electrons. The Morgan fingerprint density at radius 2 is 2.15 bits per heavy atom. The highest BCUT2D eigenvalue weighted by Gasteiger charge is 2.10. The Hall–Kier alpha value is -0.650. The molecule has 0 radical (unpaired) electrons. The molecule has 0 aliphatic carbocycles. The van der Waals surface area contributed by atoms with Gasteiger partial charge in [0.15, 0.2) is 0 Å². The summed E-state index contributed by atoms with van der Waals surface area (Å²) in [4.78, 5) is 12.0. The lowest BCUT2D eigenvalue weighted by molar-refractivity contribution is -0.137. The number of likely N-dealkylation sites (N-methyl/N-ethyl adjacent to an activating group) is 1. The summed E-state index contributed by atoms with van der Waals surface area (Å²) in [5.41, 5.74) is 0. The van der Waals surface area contributed by atoms with E-state index in [2.05, 4.69) is 0 Å². The lowest BCUT2D eigenvalue weighted by atomic mass is 10.3. The molecule has 0 spiro atoms. The van der Waals surface area contributed by atoms with Crippen molar-refractivity contribution >= 4 is 5.97 Å². The van der Waals surface area contributed by atoms with E-state index in [0.29, 0.717) is 19.6 Å². The summed E-state index contributed by atoms with van der Waals surface area (Å²) in [6.45, 7) is 2.99. The lowest BCUT2D eigenvalue weighted by Crippen LogP contribution is -2.35. The van der Waals surface area contributed by atoms with Gasteiger partial charge >= 0.3 is 5.97 Å². The normalized spacial score (nSPS) is 13.2. The zero-order valence-electron chi connectivity index (χ0n) is 7.81. The average Bonchev–Trinajstić information content (AvgIpc) is 2.11. The zero-order valence-corrected chi connectivity index (χ0v) is 7.81. The quantitative estimate of drug-likeness (QED) is 0.487. The van der Waals surface area contributed by atoms with E-state index in [-0.39, 0.29) is 13.0 Å².